The second-order valence-corrected chi connectivity index (χ2v) is 9.70. The van der Waals surface area contributed by atoms with Crippen LogP contribution in [0.5, 0.6) is 5.75 Å². The van der Waals surface area contributed by atoms with Crippen LogP contribution in [0.2, 0.25) is 0 Å². The predicted octanol–water partition coefficient (Wildman–Crippen LogP) is 7.31. The van der Waals surface area contributed by atoms with Gasteiger partial charge < -0.3 is 4.74 Å². The summed E-state index contributed by atoms with van der Waals surface area (Å²) in [5.74, 6) is 0.711. The molecule has 0 saturated carbocycles. The third-order valence-corrected chi connectivity index (χ3v) is 7.90. The molecule has 0 amide bonds. The van der Waals surface area contributed by atoms with Gasteiger partial charge in [0.15, 0.2) is 5.78 Å². The molecule has 0 aliphatic carbocycles. The van der Waals surface area contributed by atoms with Gasteiger partial charge in [-0.3, -0.25) is 4.79 Å². The second kappa shape index (κ2) is 8.05. The van der Waals surface area contributed by atoms with Gasteiger partial charge in [-0.05, 0) is 59.1 Å². The summed E-state index contributed by atoms with van der Waals surface area (Å²) in [6, 6.07) is 20.1. The normalized spacial score (nSPS) is 18.5. The molecule has 2 nitrogen and oxygen atoms in total. The lowest BCUT2D eigenvalue weighted by Crippen LogP contribution is -2.34. The van der Waals surface area contributed by atoms with E-state index in [0.29, 0.717) is 11.3 Å². The molecule has 28 heavy (non-hydrogen) atoms. The highest BCUT2D eigenvalue weighted by molar-refractivity contribution is 9.11. The van der Waals surface area contributed by atoms with Crippen molar-refractivity contribution in [3.63, 3.8) is 0 Å². The van der Waals surface area contributed by atoms with Gasteiger partial charge in [-0.15, -0.1) is 11.8 Å². The number of benzene rings is 3. The monoisotopic (exact) mass is 516 g/mol. The number of thioether (sulfide) groups is 1. The van der Waals surface area contributed by atoms with Gasteiger partial charge in [-0.25, -0.2) is 0 Å². The highest BCUT2D eigenvalue weighted by atomic mass is 79.9. The Bertz CT molecular complexity index is 1030. The number of rotatable bonds is 3. The van der Waals surface area contributed by atoms with Gasteiger partial charge in [0.1, 0.15) is 17.1 Å². The first-order chi connectivity index (χ1) is 13.5. The molecule has 2 atom stereocenters. The van der Waals surface area contributed by atoms with Crippen LogP contribution in [0.3, 0.4) is 0 Å². The van der Waals surface area contributed by atoms with E-state index in [1.807, 2.05) is 43.3 Å². The second-order valence-electron chi connectivity index (χ2n) is 6.84. The van der Waals surface area contributed by atoms with Crippen LogP contribution in [-0.2, 0) is 0 Å². The van der Waals surface area contributed by atoms with Crippen LogP contribution in [0.25, 0.3) is 0 Å². The first-order valence-corrected chi connectivity index (χ1v) is 11.4. The van der Waals surface area contributed by atoms with Crippen LogP contribution < -0.4 is 4.74 Å². The summed E-state index contributed by atoms with van der Waals surface area (Å²) in [5.41, 5.74) is 3.83. The van der Waals surface area contributed by atoms with E-state index in [-0.39, 0.29) is 17.1 Å². The largest absolute Gasteiger partial charge is 0.482 e. The number of hydrogen-bond donors (Lipinski definition) is 0. The fourth-order valence-electron chi connectivity index (χ4n) is 3.24. The van der Waals surface area contributed by atoms with Crippen molar-refractivity contribution in [1.29, 1.82) is 0 Å². The number of hydrogen-bond acceptors (Lipinski definition) is 3. The van der Waals surface area contributed by atoms with Gasteiger partial charge in [-0.1, -0.05) is 64.0 Å². The molecule has 3 aromatic carbocycles. The van der Waals surface area contributed by atoms with Crippen molar-refractivity contribution in [3.05, 3.63) is 91.9 Å². The lowest BCUT2D eigenvalue weighted by molar-refractivity contribution is 0.0865. The summed E-state index contributed by atoms with van der Waals surface area (Å²) in [6.45, 7) is 4.05. The molecule has 0 unspecified atom stereocenters. The van der Waals surface area contributed by atoms with Crippen molar-refractivity contribution in [2.75, 3.05) is 0 Å². The third-order valence-electron chi connectivity index (χ3n) is 4.86. The maximum atomic E-state index is 13.5. The first-order valence-electron chi connectivity index (χ1n) is 8.93. The number of ketones is 1. The SMILES string of the molecule is Cc1ccc(S[C@H]2C(=O)c3cc(Br)c(C)c(Br)c3O[C@H]2c2ccccc2)cc1. The molecule has 0 saturated heterocycles. The molecule has 3 aromatic rings. The Balaban J connectivity index is 1.81. The summed E-state index contributed by atoms with van der Waals surface area (Å²) in [5, 5.41) is -0.362. The van der Waals surface area contributed by atoms with Gasteiger partial charge in [-0.2, -0.15) is 0 Å². The Hall–Kier alpha value is -1.56. The Morgan fingerprint density at radius 2 is 1.64 bits per heavy atom. The molecule has 0 radical (unpaired) electrons. The molecule has 1 aliphatic rings. The highest BCUT2D eigenvalue weighted by Crippen LogP contribution is 2.47. The van der Waals surface area contributed by atoms with Crippen LogP contribution in [0, 0.1) is 13.8 Å². The highest BCUT2D eigenvalue weighted by Gasteiger charge is 2.40. The number of Topliss-reactive ketones (excluding diaryl/α,β-unsaturated/α-hetero) is 1. The van der Waals surface area contributed by atoms with Crippen LogP contribution in [-0.4, -0.2) is 11.0 Å². The minimum atomic E-state index is -0.362. The Morgan fingerprint density at radius 3 is 2.32 bits per heavy atom. The quantitative estimate of drug-likeness (QED) is 0.364. The lowest BCUT2D eigenvalue weighted by Gasteiger charge is -2.33. The van der Waals surface area contributed by atoms with Crippen molar-refractivity contribution in [1.82, 2.24) is 0 Å². The Kier molecular flexibility index (Phi) is 5.68. The van der Waals surface area contributed by atoms with E-state index in [1.54, 1.807) is 11.8 Å². The van der Waals surface area contributed by atoms with Crippen molar-refractivity contribution < 1.29 is 9.53 Å². The average molecular weight is 518 g/mol. The van der Waals surface area contributed by atoms with Gasteiger partial charge in [0, 0.05) is 9.37 Å². The number of carbonyl (C=O) groups excluding carboxylic acids is 1. The zero-order valence-electron chi connectivity index (χ0n) is 15.4. The number of halogens is 2. The summed E-state index contributed by atoms with van der Waals surface area (Å²) < 4.78 is 8.17. The molecular formula is C23H18Br2O2S. The molecule has 1 heterocycles. The summed E-state index contributed by atoms with van der Waals surface area (Å²) in [6.07, 6.45) is -0.357. The van der Waals surface area contributed by atoms with Crippen molar-refractivity contribution in [3.8, 4) is 5.75 Å². The van der Waals surface area contributed by atoms with Gasteiger partial charge >= 0.3 is 0 Å². The van der Waals surface area contributed by atoms with Crippen molar-refractivity contribution >= 4 is 49.4 Å². The fraction of sp³-hybridized carbons (Fsp3) is 0.174. The van der Waals surface area contributed by atoms with E-state index >= 15 is 0 Å². The summed E-state index contributed by atoms with van der Waals surface area (Å²) >= 11 is 8.75. The van der Waals surface area contributed by atoms with Gasteiger partial charge in [0.05, 0.1) is 10.0 Å². The minimum absolute atomic E-state index is 0.0853. The van der Waals surface area contributed by atoms with Gasteiger partial charge in [0.2, 0.25) is 0 Å². The summed E-state index contributed by atoms with van der Waals surface area (Å²) in [4.78, 5) is 14.6. The molecular weight excluding hydrogens is 500 g/mol. The average Bonchev–Trinajstić information content (AvgIpc) is 2.71. The molecule has 1 aliphatic heterocycles. The summed E-state index contributed by atoms with van der Waals surface area (Å²) in [7, 11) is 0. The van der Waals surface area contributed by atoms with E-state index in [4.69, 9.17) is 4.74 Å². The van der Waals surface area contributed by atoms with E-state index in [1.165, 1.54) is 5.56 Å². The molecule has 142 valence electrons. The van der Waals surface area contributed by atoms with E-state index in [2.05, 4.69) is 63.0 Å². The maximum absolute atomic E-state index is 13.5. The zero-order chi connectivity index (χ0) is 19.8. The lowest BCUT2D eigenvalue weighted by atomic mass is 9.95. The predicted molar refractivity (Wildman–Crippen MR) is 122 cm³/mol. The fourth-order valence-corrected chi connectivity index (χ4v) is 5.61. The smallest absolute Gasteiger partial charge is 0.184 e. The minimum Gasteiger partial charge on any atom is -0.482 e. The topological polar surface area (TPSA) is 26.3 Å². The number of aryl methyl sites for hydroxylation is 1. The van der Waals surface area contributed by atoms with Crippen molar-refractivity contribution in [2.45, 2.75) is 30.1 Å². The zero-order valence-corrected chi connectivity index (χ0v) is 19.4. The molecule has 0 fully saturated rings. The van der Waals surface area contributed by atoms with Crippen molar-refractivity contribution in [2.24, 2.45) is 0 Å². The number of fused-ring (bicyclic) bond motifs is 1. The number of carbonyl (C=O) groups is 1. The molecule has 0 bridgehead atoms. The molecule has 0 N–H and O–H groups in total. The first kappa shape index (κ1) is 19.7. The molecule has 5 heteroatoms. The van der Waals surface area contributed by atoms with E-state index in [9.17, 15) is 4.79 Å². The maximum Gasteiger partial charge on any atom is 0.184 e. The number of ether oxygens (including phenoxy) is 1. The third kappa shape index (κ3) is 3.68. The van der Waals surface area contributed by atoms with Crippen LogP contribution in [0.1, 0.15) is 33.2 Å². The van der Waals surface area contributed by atoms with Crippen LogP contribution >= 0.6 is 43.6 Å². The standard InChI is InChI=1S/C23H18Br2O2S/c1-13-8-10-16(11-9-13)28-23-20(26)17-12-18(24)14(2)19(25)22(17)27-21(23)15-6-4-3-5-7-15/h3-12,21,23H,1-2H3/t21-,23-/m0/s1. The van der Waals surface area contributed by atoms with E-state index in [0.717, 1.165) is 25.0 Å². The Morgan fingerprint density at radius 1 is 0.964 bits per heavy atom. The molecule has 4 rings (SSSR count). The molecule has 0 aromatic heterocycles. The molecule has 0 spiro atoms. The van der Waals surface area contributed by atoms with E-state index < -0.39 is 0 Å². The Labute approximate surface area is 185 Å². The van der Waals surface area contributed by atoms with Gasteiger partial charge in [0.25, 0.3) is 0 Å². The van der Waals surface area contributed by atoms with Crippen LogP contribution in [0.4, 0.5) is 0 Å². The van der Waals surface area contributed by atoms with Crippen LogP contribution in [0.15, 0.2) is 74.5 Å².